The molecular weight excluding hydrogens is 1190 g/mol. The summed E-state index contributed by atoms with van der Waals surface area (Å²) in [4.78, 5) is 7.97. The zero-order valence-corrected chi connectivity index (χ0v) is 50.7. The van der Waals surface area contributed by atoms with Gasteiger partial charge in [-0.3, -0.25) is 4.79 Å². The Labute approximate surface area is 525 Å². The maximum absolute atomic E-state index is 13.6. The van der Waals surface area contributed by atoms with Crippen LogP contribution < -0.4 is 144 Å². The Morgan fingerprint density at radius 3 is 1.23 bits per heavy atom. The molecular formula is C39H23Cu2N7Na4O17S4-2. The molecule has 5 N–H and O–H groups in total. The number of carbonyl (C=O) groups excluding carboxylic acids is 1. The van der Waals surface area contributed by atoms with Crippen LogP contribution in [0.2, 0.25) is 0 Å². The molecule has 0 aliphatic carbocycles. The quantitative estimate of drug-likeness (QED) is 0.0714. The van der Waals surface area contributed by atoms with Gasteiger partial charge in [-0.1, -0.05) is 77.6 Å². The summed E-state index contributed by atoms with van der Waals surface area (Å²) in [6.07, 6.45) is 0. The van der Waals surface area contributed by atoms with Crippen LogP contribution >= 0.6 is 0 Å². The van der Waals surface area contributed by atoms with Crippen molar-refractivity contribution in [2.24, 2.45) is 20.5 Å². The van der Waals surface area contributed by atoms with Crippen molar-refractivity contribution in [3.63, 3.8) is 0 Å². The van der Waals surface area contributed by atoms with Crippen molar-refractivity contribution in [1.82, 2.24) is 0 Å². The van der Waals surface area contributed by atoms with E-state index in [9.17, 15) is 77.1 Å². The molecule has 24 nitrogen and oxygen atoms in total. The molecule has 0 unspecified atom stereocenters. The van der Waals surface area contributed by atoms with Gasteiger partial charge >= 0.3 is 152 Å². The molecule has 0 fully saturated rings. The van der Waals surface area contributed by atoms with Crippen molar-refractivity contribution in [2.45, 2.75) is 19.6 Å². The fraction of sp³-hybridized carbons (Fsp3) is 0. The summed E-state index contributed by atoms with van der Waals surface area (Å²) in [6, 6.07) is 18.7. The molecule has 73 heavy (non-hydrogen) atoms. The number of nitrogens with two attached hydrogens (primary N) is 2. The average Bonchev–Trinajstić information content (AvgIpc) is 3.22. The molecule has 7 aromatic rings. The summed E-state index contributed by atoms with van der Waals surface area (Å²) >= 11 is 0. The molecule has 368 valence electrons. The molecule has 1 amide bonds. The van der Waals surface area contributed by atoms with Crippen molar-refractivity contribution < 1.29 is 229 Å². The Balaban J connectivity index is 0. The maximum atomic E-state index is 13.6. The number of hydrogen-bond acceptors (Lipinski definition) is 21. The van der Waals surface area contributed by atoms with Gasteiger partial charge in [0.2, 0.25) is 0 Å². The first-order chi connectivity index (χ1) is 30.3. The van der Waals surface area contributed by atoms with E-state index in [0.717, 1.165) is 42.5 Å². The first-order valence-electron chi connectivity index (χ1n) is 17.6. The predicted octanol–water partition coefficient (Wildman–Crippen LogP) is -6.90. The second-order valence-corrected chi connectivity index (χ2v) is 18.8. The molecule has 34 heteroatoms. The van der Waals surface area contributed by atoms with Crippen LogP contribution in [0.3, 0.4) is 0 Å². The number of amides is 1. The van der Waals surface area contributed by atoms with Crippen LogP contribution in [0.4, 0.5) is 28.4 Å². The van der Waals surface area contributed by atoms with E-state index in [4.69, 9.17) is 0 Å². The van der Waals surface area contributed by atoms with Gasteiger partial charge in [0.15, 0.2) is 0 Å². The normalized spacial score (nSPS) is 11.3. The fourth-order valence-electron chi connectivity index (χ4n) is 6.41. The van der Waals surface area contributed by atoms with E-state index in [2.05, 4.69) is 25.8 Å². The van der Waals surface area contributed by atoms with Gasteiger partial charge in [-0.25, -0.2) is 33.7 Å². The van der Waals surface area contributed by atoms with E-state index in [1.54, 1.807) is 6.07 Å². The third-order valence-electron chi connectivity index (χ3n) is 9.27. The maximum Gasteiger partial charge on any atom is 2.00 e. The van der Waals surface area contributed by atoms with E-state index in [-0.39, 0.29) is 181 Å². The molecule has 0 aromatic heterocycles. The summed E-state index contributed by atoms with van der Waals surface area (Å²) in [5.74, 6) is -5.36. The van der Waals surface area contributed by atoms with Gasteiger partial charge in [0.25, 0.3) is 5.91 Å². The van der Waals surface area contributed by atoms with Gasteiger partial charge in [-0.15, -0.1) is 0 Å². The molecule has 0 aliphatic rings. The second-order valence-electron chi connectivity index (χ2n) is 13.4. The van der Waals surface area contributed by atoms with Gasteiger partial charge in [0.1, 0.15) is 40.5 Å². The Morgan fingerprint density at radius 1 is 0.425 bits per heavy atom. The van der Waals surface area contributed by atoms with Crippen molar-refractivity contribution in [1.29, 1.82) is 0 Å². The minimum Gasteiger partial charge on any atom is -0.871 e. The van der Waals surface area contributed by atoms with E-state index < -0.39 is 139 Å². The Hall–Kier alpha value is -2.47. The molecule has 0 heterocycles. The number of fused-ring (bicyclic) bond motifs is 2. The summed E-state index contributed by atoms with van der Waals surface area (Å²) in [5.41, 5.74) is -3.17. The topological polar surface area (TPSA) is 467 Å². The standard InChI is InChI=1S/C39H27N5O17S4.2Cu.2H2N.4Na/c45-29-13-20(9-11-25(29)41-43-27-17-32(63(53,54)55)23-7-4-8-31(62(50,51)52)35(23)37(27)47)21-10-12-26(30(46)14-21)42-44-28-18-33(64(56,57)58)24-15-22(40-39(49)19-5-2-1-3-6-19)16-34(65(59,60)61)36(24)38(28)48;;;;;;;;/h1-18,45-48H,(H,40,49)(H,50,51,52)(H,53,54,55)(H,56,57,58)(H,59,60,61);;;2*1H2;;;;/q;2*+2;2*-1;4*+1/p-8. The van der Waals surface area contributed by atoms with E-state index in [1.165, 1.54) is 36.4 Å². The first kappa shape index (κ1) is 72.6. The molecule has 0 saturated heterocycles. The molecule has 0 bridgehead atoms. The Kier molecular flexibility index (Phi) is 28.1. The van der Waals surface area contributed by atoms with Gasteiger partial charge < -0.3 is 56.3 Å². The number of nitrogens with one attached hydrogen (secondary N) is 1. The summed E-state index contributed by atoms with van der Waals surface area (Å²) in [5, 5.41) is 66.0. The summed E-state index contributed by atoms with van der Waals surface area (Å²) in [6.45, 7) is 0. The Morgan fingerprint density at radius 2 is 0.822 bits per heavy atom. The number of hydrogen-bond donors (Lipinski definition) is 1. The zero-order valence-electron chi connectivity index (χ0n) is 37.5. The van der Waals surface area contributed by atoms with Crippen LogP contribution in [-0.2, 0) is 74.6 Å². The number of azo groups is 2. The van der Waals surface area contributed by atoms with Crippen molar-refractivity contribution in [3.05, 3.63) is 127 Å². The molecule has 0 aliphatic heterocycles. The fourth-order valence-corrected chi connectivity index (χ4v) is 9.21. The van der Waals surface area contributed by atoms with Crippen LogP contribution in [0.25, 0.3) is 45.0 Å². The van der Waals surface area contributed by atoms with Crippen LogP contribution in [0.15, 0.2) is 149 Å². The monoisotopic (exact) mass is 1210 g/mol. The SMILES string of the molecule is O=C(Nc1cc(S(=O)(=O)[O-])c2c([O-])c(N=Nc3ccc(-c4ccc(N=Nc5cc(S(=O)(=O)[O-])c6cccc(S(=O)(=O)[O-])c6c5[O-])c([O-])c4)cc3[O-])cc(S(=O)(=O)[O-])c2c1)c1ccccc1.[Cu+2].[Cu+2].[NH2-].[NH2-].[Na+].[Na+].[Na+].[Na+]. The third kappa shape index (κ3) is 16.3. The summed E-state index contributed by atoms with van der Waals surface area (Å²) in [7, 11) is -22.0. The Bertz CT molecular complexity index is 3740. The van der Waals surface area contributed by atoms with Crippen LogP contribution in [0.5, 0.6) is 23.0 Å². The summed E-state index contributed by atoms with van der Waals surface area (Å²) < 4.78 is 146. The zero-order chi connectivity index (χ0) is 47.4. The largest absolute Gasteiger partial charge is 2.00 e. The molecule has 7 rings (SSSR count). The number of anilines is 1. The van der Waals surface area contributed by atoms with E-state index in [0.29, 0.717) is 24.3 Å². The molecule has 2 radical (unpaired) electrons. The van der Waals surface area contributed by atoms with Crippen molar-refractivity contribution >= 4 is 96.4 Å². The van der Waals surface area contributed by atoms with E-state index in [1.807, 2.05) is 0 Å². The molecule has 0 saturated carbocycles. The van der Waals surface area contributed by atoms with Crippen LogP contribution in [0, 0.1) is 0 Å². The molecule has 0 spiro atoms. The molecule has 7 aromatic carbocycles. The first-order valence-corrected chi connectivity index (χ1v) is 23.2. The van der Waals surface area contributed by atoms with Gasteiger partial charge in [-0.05, 0) is 81.9 Å². The minimum absolute atomic E-state index is 0. The van der Waals surface area contributed by atoms with Crippen molar-refractivity contribution in [2.75, 3.05) is 5.32 Å². The van der Waals surface area contributed by atoms with Crippen LogP contribution in [0.1, 0.15) is 10.4 Å². The van der Waals surface area contributed by atoms with E-state index >= 15 is 0 Å². The minimum atomic E-state index is -5.63. The van der Waals surface area contributed by atoms with Gasteiger partial charge in [-0.2, -0.15) is 20.5 Å². The molecule has 0 atom stereocenters. The van der Waals surface area contributed by atoms with Crippen LogP contribution in [-0.4, -0.2) is 57.8 Å². The predicted molar refractivity (Wildman–Crippen MR) is 223 cm³/mol. The number of nitrogens with zero attached hydrogens (tertiary/aromatic N) is 4. The number of carbonyl (C=O) groups is 1. The van der Waals surface area contributed by atoms with Gasteiger partial charge in [0, 0.05) is 16.6 Å². The smallest absolute Gasteiger partial charge is 0.871 e. The van der Waals surface area contributed by atoms with Crippen molar-refractivity contribution in [3.8, 4) is 34.1 Å². The third-order valence-corrected chi connectivity index (χ3v) is 12.8. The number of rotatable bonds is 11. The van der Waals surface area contributed by atoms with Gasteiger partial charge in [0.05, 0.1) is 42.3 Å². The average molecular weight is 1210 g/mol. The second kappa shape index (κ2) is 28.2. The number of benzene rings is 7.